The Kier molecular flexibility index (Phi) is 4.66. The number of hydrogen-bond donors (Lipinski definition) is 1. The summed E-state index contributed by atoms with van der Waals surface area (Å²) in [6.45, 7) is 1.68. The topological polar surface area (TPSA) is 50.7 Å². The van der Waals surface area contributed by atoms with Crippen LogP contribution >= 0.6 is 0 Å². The molecule has 0 saturated carbocycles. The van der Waals surface area contributed by atoms with Crippen LogP contribution in [0.5, 0.6) is 0 Å². The van der Waals surface area contributed by atoms with Crippen molar-refractivity contribution in [1.82, 2.24) is 15.0 Å². The van der Waals surface area contributed by atoms with Gasteiger partial charge in [0, 0.05) is 30.4 Å². The van der Waals surface area contributed by atoms with E-state index < -0.39 is 11.7 Å². The van der Waals surface area contributed by atoms with E-state index in [9.17, 15) is 13.2 Å². The van der Waals surface area contributed by atoms with Gasteiger partial charge in [0.05, 0.1) is 11.1 Å². The van der Waals surface area contributed by atoms with Gasteiger partial charge in [0.2, 0.25) is 0 Å². The van der Waals surface area contributed by atoms with Crippen LogP contribution in [0, 0.1) is 6.92 Å². The molecule has 0 spiro atoms. The number of benzene rings is 2. The molecular formula is C22H17F3N4. The summed E-state index contributed by atoms with van der Waals surface area (Å²) in [6, 6.07) is 13.1. The van der Waals surface area contributed by atoms with Gasteiger partial charge >= 0.3 is 6.18 Å². The summed E-state index contributed by atoms with van der Waals surface area (Å²) in [5, 5.41) is 3.87. The second-order valence-corrected chi connectivity index (χ2v) is 6.65. The van der Waals surface area contributed by atoms with Crippen LogP contribution in [0.4, 0.5) is 19.0 Å². The molecule has 0 aliphatic carbocycles. The molecule has 0 unspecified atom stereocenters. The number of alkyl halides is 3. The van der Waals surface area contributed by atoms with Gasteiger partial charge in [-0.1, -0.05) is 12.1 Å². The first kappa shape index (κ1) is 18.9. The molecule has 0 radical (unpaired) electrons. The number of fused-ring (bicyclic) bond motifs is 1. The summed E-state index contributed by atoms with van der Waals surface area (Å²) >= 11 is 0. The minimum Gasteiger partial charge on any atom is -0.373 e. The van der Waals surface area contributed by atoms with E-state index in [1.54, 1.807) is 26.4 Å². The third-order valence-corrected chi connectivity index (χ3v) is 4.72. The van der Waals surface area contributed by atoms with Crippen LogP contribution in [-0.2, 0) is 6.18 Å². The highest BCUT2D eigenvalue weighted by Crippen LogP contribution is 2.35. The molecular weight excluding hydrogens is 377 g/mol. The Hall–Kier alpha value is -3.48. The van der Waals surface area contributed by atoms with Crippen molar-refractivity contribution in [2.45, 2.75) is 13.1 Å². The lowest BCUT2D eigenvalue weighted by Gasteiger charge is -2.13. The Labute approximate surface area is 165 Å². The van der Waals surface area contributed by atoms with E-state index in [1.165, 1.54) is 12.1 Å². The zero-order chi connectivity index (χ0) is 20.6. The van der Waals surface area contributed by atoms with Crippen LogP contribution in [0.2, 0.25) is 0 Å². The van der Waals surface area contributed by atoms with Gasteiger partial charge < -0.3 is 5.32 Å². The number of nitrogens with zero attached hydrogens (tertiary/aromatic N) is 3. The van der Waals surface area contributed by atoms with E-state index in [-0.39, 0.29) is 0 Å². The first-order chi connectivity index (χ1) is 13.9. The number of pyridine rings is 1. The highest BCUT2D eigenvalue weighted by Gasteiger charge is 2.30. The monoisotopic (exact) mass is 394 g/mol. The lowest BCUT2D eigenvalue weighted by atomic mass is 9.97. The predicted molar refractivity (Wildman–Crippen MR) is 107 cm³/mol. The molecule has 1 N–H and O–H groups in total. The molecule has 2 heterocycles. The highest BCUT2D eigenvalue weighted by molar-refractivity contribution is 5.94. The Morgan fingerprint density at radius 1 is 0.931 bits per heavy atom. The molecule has 4 aromatic rings. The maximum Gasteiger partial charge on any atom is 0.416 e. The van der Waals surface area contributed by atoms with E-state index in [1.807, 2.05) is 30.3 Å². The molecule has 4 rings (SSSR count). The quantitative estimate of drug-likeness (QED) is 0.482. The molecule has 2 aromatic heterocycles. The maximum atomic E-state index is 13.0. The molecule has 0 atom stereocenters. The number of rotatable bonds is 3. The average Bonchev–Trinajstić information content (AvgIpc) is 2.72. The third-order valence-electron chi connectivity index (χ3n) is 4.72. The average molecular weight is 394 g/mol. The van der Waals surface area contributed by atoms with Crippen LogP contribution in [-0.4, -0.2) is 22.0 Å². The number of halogens is 3. The van der Waals surface area contributed by atoms with Gasteiger partial charge in [0.1, 0.15) is 5.82 Å². The predicted octanol–water partition coefficient (Wildman–Crippen LogP) is 5.73. The van der Waals surface area contributed by atoms with Crippen molar-refractivity contribution in [3.8, 4) is 22.5 Å². The highest BCUT2D eigenvalue weighted by atomic mass is 19.4. The van der Waals surface area contributed by atoms with Gasteiger partial charge in [-0.3, -0.25) is 4.98 Å². The molecule has 0 aliphatic heterocycles. The van der Waals surface area contributed by atoms with Gasteiger partial charge in [0.15, 0.2) is 5.82 Å². The maximum absolute atomic E-state index is 13.0. The van der Waals surface area contributed by atoms with Crippen molar-refractivity contribution in [2.24, 2.45) is 0 Å². The molecule has 0 bridgehead atoms. The van der Waals surface area contributed by atoms with Crippen molar-refractivity contribution in [2.75, 3.05) is 12.4 Å². The van der Waals surface area contributed by atoms with Crippen molar-refractivity contribution in [3.63, 3.8) is 0 Å². The zero-order valence-electron chi connectivity index (χ0n) is 15.7. The third kappa shape index (κ3) is 3.63. The number of anilines is 1. The summed E-state index contributed by atoms with van der Waals surface area (Å²) in [5.74, 6) is 1.19. The first-order valence-corrected chi connectivity index (χ1v) is 8.95. The number of nitrogens with one attached hydrogen (secondary N) is 1. The van der Waals surface area contributed by atoms with Crippen molar-refractivity contribution in [3.05, 3.63) is 72.1 Å². The molecule has 0 fully saturated rings. The van der Waals surface area contributed by atoms with Crippen LogP contribution in [0.3, 0.4) is 0 Å². The molecule has 0 saturated heterocycles. The van der Waals surface area contributed by atoms with Gasteiger partial charge in [-0.2, -0.15) is 13.2 Å². The summed E-state index contributed by atoms with van der Waals surface area (Å²) in [7, 11) is 1.77. The van der Waals surface area contributed by atoms with E-state index in [2.05, 4.69) is 20.3 Å². The largest absolute Gasteiger partial charge is 0.416 e. The zero-order valence-corrected chi connectivity index (χ0v) is 15.7. The Balaban J connectivity index is 1.83. The van der Waals surface area contributed by atoms with Gasteiger partial charge in [-0.05, 0) is 60.0 Å². The first-order valence-electron chi connectivity index (χ1n) is 8.95. The van der Waals surface area contributed by atoms with E-state index in [4.69, 9.17) is 0 Å². The summed E-state index contributed by atoms with van der Waals surface area (Å²) in [5.41, 5.74) is 2.97. The van der Waals surface area contributed by atoms with Gasteiger partial charge in [-0.15, -0.1) is 0 Å². The van der Waals surface area contributed by atoms with Gasteiger partial charge in [0.25, 0.3) is 0 Å². The summed E-state index contributed by atoms with van der Waals surface area (Å²) in [4.78, 5) is 13.3. The molecule has 7 heteroatoms. The normalized spacial score (nSPS) is 11.6. The minimum atomic E-state index is -4.36. The Morgan fingerprint density at radius 3 is 2.41 bits per heavy atom. The van der Waals surface area contributed by atoms with Crippen molar-refractivity contribution in [1.29, 1.82) is 0 Å². The Morgan fingerprint density at radius 2 is 1.76 bits per heavy atom. The molecule has 0 aliphatic rings. The van der Waals surface area contributed by atoms with Crippen molar-refractivity contribution < 1.29 is 13.2 Å². The van der Waals surface area contributed by atoms with E-state index in [0.29, 0.717) is 17.2 Å². The molecule has 29 heavy (non-hydrogen) atoms. The molecule has 146 valence electrons. The standard InChI is InChI=1S/C22H17F3N4/c1-13-10-16(22(23,24)25)6-7-17(13)14-5-8-19-18(11-14)21(26-2)29-20(28-19)15-4-3-9-27-12-15/h3-12H,1-2H3,(H,26,28,29). The number of aromatic nitrogens is 3. The lowest BCUT2D eigenvalue weighted by Crippen LogP contribution is -2.05. The fourth-order valence-electron chi connectivity index (χ4n) is 3.27. The summed E-state index contributed by atoms with van der Waals surface area (Å²) < 4.78 is 38.9. The fraction of sp³-hybridized carbons (Fsp3) is 0.136. The summed E-state index contributed by atoms with van der Waals surface area (Å²) in [6.07, 6.45) is -0.981. The number of hydrogen-bond acceptors (Lipinski definition) is 4. The minimum absolute atomic E-state index is 0.549. The fourth-order valence-corrected chi connectivity index (χ4v) is 3.27. The molecule has 4 nitrogen and oxygen atoms in total. The van der Waals surface area contributed by atoms with E-state index >= 15 is 0 Å². The smallest absolute Gasteiger partial charge is 0.373 e. The van der Waals surface area contributed by atoms with Crippen molar-refractivity contribution >= 4 is 16.7 Å². The molecule has 0 amide bonds. The second-order valence-electron chi connectivity index (χ2n) is 6.65. The van der Waals surface area contributed by atoms with Crippen LogP contribution in [0.25, 0.3) is 33.4 Å². The van der Waals surface area contributed by atoms with Crippen LogP contribution in [0.1, 0.15) is 11.1 Å². The van der Waals surface area contributed by atoms with Gasteiger partial charge in [-0.25, -0.2) is 9.97 Å². The Bertz CT molecular complexity index is 1190. The molecule has 2 aromatic carbocycles. The second kappa shape index (κ2) is 7.16. The van der Waals surface area contributed by atoms with E-state index in [0.717, 1.165) is 33.7 Å². The SMILES string of the molecule is CNc1nc(-c2cccnc2)nc2ccc(-c3ccc(C(F)(F)F)cc3C)cc12. The number of aryl methyl sites for hydroxylation is 1. The lowest BCUT2D eigenvalue weighted by molar-refractivity contribution is -0.137. The van der Waals surface area contributed by atoms with Crippen LogP contribution < -0.4 is 5.32 Å². The van der Waals surface area contributed by atoms with Crippen LogP contribution in [0.15, 0.2) is 60.9 Å².